The van der Waals surface area contributed by atoms with Gasteiger partial charge in [0.15, 0.2) is 0 Å². The molecule has 6 heteroatoms. The molecule has 1 aliphatic heterocycles. The van der Waals surface area contributed by atoms with Crippen LogP contribution in [0.5, 0.6) is 0 Å². The summed E-state index contributed by atoms with van der Waals surface area (Å²) >= 11 is 0. The maximum Gasteiger partial charge on any atom is 0.249 e. The molecular formula is C16H30N2O4. The average Bonchev–Trinajstić information content (AvgIpc) is 3.29. The van der Waals surface area contributed by atoms with E-state index in [-0.39, 0.29) is 17.9 Å². The zero-order valence-corrected chi connectivity index (χ0v) is 13.7. The van der Waals surface area contributed by atoms with Crippen LogP contribution in [0.25, 0.3) is 0 Å². The number of β-amino-alcohol motifs (C(OH)–C–C–N with tert-alkyl or cyclic N) is 1. The second-order valence-electron chi connectivity index (χ2n) is 6.90. The number of hydrogen-bond acceptors (Lipinski definition) is 5. The lowest BCUT2D eigenvalue weighted by atomic mass is 9.90. The van der Waals surface area contributed by atoms with E-state index in [1.807, 2.05) is 13.8 Å². The maximum atomic E-state index is 11.9. The Bertz CT molecular complexity index is 352. The molecule has 1 aliphatic carbocycles. The topological polar surface area (TPSA) is 82.0 Å². The van der Waals surface area contributed by atoms with E-state index in [0.717, 1.165) is 38.8 Å². The Morgan fingerprint density at radius 2 is 1.86 bits per heavy atom. The first-order valence-corrected chi connectivity index (χ1v) is 8.46. The fourth-order valence-electron chi connectivity index (χ4n) is 2.83. The second-order valence-corrected chi connectivity index (χ2v) is 6.90. The highest BCUT2D eigenvalue weighted by Crippen LogP contribution is 2.23. The van der Waals surface area contributed by atoms with E-state index < -0.39 is 12.2 Å². The van der Waals surface area contributed by atoms with Gasteiger partial charge in [-0.25, -0.2) is 0 Å². The van der Waals surface area contributed by atoms with Gasteiger partial charge in [-0.3, -0.25) is 4.79 Å². The Balaban J connectivity index is 1.65. The number of hydrogen-bond donors (Lipinski definition) is 3. The molecule has 2 fully saturated rings. The van der Waals surface area contributed by atoms with E-state index >= 15 is 0 Å². The van der Waals surface area contributed by atoms with Crippen molar-refractivity contribution in [3.8, 4) is 0 Å². The van der Waals surface area contributed by atoms with Gasteiger partial charge in [0.05, 0.1) is 18.8 Å². The summed E-state index contributed by atoms with van der Waals surface area (Å²) in [6.07, 6.45) is 2.40. The zero-order chi connectivity index (χ0) is 16.1. The van der Waals surface area contributed by atoms with E-state index in [2.05, 4.69) is 10.2 Å². The van der Waals surface area contributed by atoms with Crippen LogP contribution in [-0.2, 0) is 9.53 Å². The monoisotopic (exact) mass is 314 g/mol. The third-order valence-corrected chi connectivity index (χ3v) is 4.36. The number of piperidine rings is 1. The van der Waals surface area contributed by atoms with Crippen molar-refractivity contribution in [1.82, 2.24) is 10.2 Å². The first-order valence-electron chi connectivity index (χ1n) is 8.46. The van der Waals surface area contributed by atoms with Gasteiger partial charge < -0.3 is 25.2 Å². The Hall–Kier alpha value is -0.690. The minimum Gasteiger partial charge on any atom is -0.389 e. The highest BCUT2D eigenvalue weighted by Gasteiger charge is 2.33. The second kappa shape index (κ2) is 8.24. The lowest BCUT2D eigenvalue weighted by molar-refractivity contribution is -0.133. The summed E-state index contributed by atoms with van der Waals surface area (Å²) in [7, 11) is 0. The molecule has 128 valence electrons. The van der Waals surface area contributed by atoms with E-state index in [0.29, 0.717) is 19.2 Å². The van der Waals surface area contributed by atoms with Gasteiger partial charge in [0.2, 0.25) is 5.91 Å². The highest BCUT2D eigenvalue weighted by atomic mass is 16.5. The largest absolute Gasteiger partial charge is 0.389 e. The van der Waals surface area contributed by atoms with Gasteiger partial charge in [0.1, 0.15) is 6.10 Å². The number of rotatable bonds is 8. The van der Waals surface area contributed by atoms with Crippen molar-refractivity contribution in [2.75, 3.05) is 26.2 Å². The smallest absolute Gasteiger partial charge is 0.249 e. The molecule has 0 aromatic heterocycles. The molecule has 2 rings (SSSR count). The summed E-state index contributed by atoms with van der Waals surface area (Å²) in [5, 5.41) is 22.9. The standard InChI is InChI=1S/C16H30N2O4/c1-11(2)22-10-14(19)9-18-7-5-12(6-8-18)15(20)16(21)17-13-3-4-13/h11-15,19-20H,3-10H2,1-2H3,(H,17,21). The Kier molecular flexibility index (Phi) is 6.62. The van der Waals surface area contributed by atoms with Crippen LogP contribution in [0.1, 0.15) is 39.5 Å². The number of carbonyl (C=O) groups is 1. The van der Waals surface area contributed by atoms with Gasteiger partial charge in [-0.2, -0.15) is 0 Å². The van der Waals surface area contributed by atoms with E-state index in [4.69, 9.17) is 4.74 Å². The molecule has 0 aromatic carbocycles. The molecule has 1 saturated carbocycles. The van der Waals surface area contributed by atoms with Crippen molar-refractivity contribution in [2.45, 2.75) is 63.9 Å². The van der Waals surface area contributed by atoms with Gasteiger partial charge in [-0.15, -0.1) is 0 Å². The van der Waals surface area contributed by atoms with Crippen LogP contribution in [0.15, 0.2) is 0 Å². The molecule has 1 saturated heterocycles. The summed E-state index contributed by atoms with van der Waals surface area (Å²) in [6, 6.07) is 0.290. The predicted molar refractivity (Wildman–Crippen MR) is 83.4 cm³/mol. The zero-order valence-electron chi connectivity index (χ0n) is 13.7. The molecule has 22 heavy (non-hydrogen) atoms. The van der Waals surface area contributed by atoms with Crippen molar-refractivity contribution in [3.05, 3.63) is 0 Å². The van der Waals surface area contributed by atoms with Crippen molar-refractivity contribution in [1.29, 1.82) is 0 Å². The maximum absolute atomic E-state index is 11.9. The lowest BCUT2D eigenvalue weighted by Gasteiger charge is -2.34. The number of amides is 1. The van der Waals surface area contributed by atoms with Gasteiger partial charge in [-0.05, 0) is 58.5 Å². The van der Waals surface area contributed by atoms with Gasteiger partial charge >= 0.3 is 0 Å². The first-order chi connectivity index (χ1) is 10.5. The normalized spacial score (nSPS) is 23.5. The van der Waals surface area contributed by atoms with Crippen molar-refractivity contribution < 1.29 is 19.7 Å². The summed E-state index contributed by atoms with van der Waals surface area (Å²) in [5.74, 6) is -0.189. The third-order valence-electron chi connectivity index (χ3n) is 4.36. The fraction of sp³-hybridized carbons (Fsp3) is 0.938. The Labute approximate surface area is 132 Å². The van der Waals surface area contributed by atoms with Gasteiger partial charge in [0, 0.05) is 12.6 Å². The number of nitrogens with zero attached hydrogens (tertiary/aromatic N) is 1. The number of aliphatic hydroxyl groups excluding tert-OH is 2. The van der Waals surface area contributed by atoms with Crippen LogP contribution in [-0.4, -0.2) is 71.6 Å². The van der Waals surface area contributed by atoms with Crippen LogP contribution >= 0.6 is 0 Å². The molecular weight excluding hydrogens is 284 g/mol. The third kappa shape index (κ3) is 5.83. The fourth-order valence-corrected chi connectivity index (χ4v) is 2.83. The van der Waals surface area contributed by atoms with Crippen LogP contribution in [0.2, 0.25) is 0 Å². The molecule has 2 unspecified atom stereocenters. The van der Waals surface area contributed by atoms with E-state index in [9.17, 15) is 15.0 Å². The number of ether oxygens (including phenoxy) is 1. The van der Waals surface area contributed by atoms with Crippen LogP contribution in [0.3, 0.4) is 0 Å². The van der Waals surface area contributed by atoms with Crippen molar-refractivity contribution in [3.63, 3.8) is 0 Å². The van der Waals surface area contributed by atoms with Gasteiger partial charge in [-0.1, -0.05) is 0 Å². The van der Waals surface area contributed by atoms with Crippen LogP contribution in [0.4, 0.5) is 0 Å². The molecule has 6 nitrogen and oxygen atoms in total. The molecule has 0 spiro atoms. The van der Waals surface area contributed by atoms with Crippen molar-refractivity contribution in [2.24, 2.45) is 5.92 Å². The highest BCUT2D eigenvalue weighted by molar-refractivity contribution is 5.81. The summed E-state index contributed by atoms with van der Waals surface area (Å²) in [5.41, 5.74) is 0. The summed E-state index contributed by atoms with van der Waals surface area (Å²) < 4.78 is 5.41. The minimum atomic E-state index is -0.892. The molecule has 0 aromatic rings. The Morgan fingerprint density at radius 1 is 1.23 bits per heavy atom. The van der Waals surface area contributed by atoms with E-state index in [1.165, 1.54) is 0 Å². The van der Waals surface area contributed by atoms with Crippen molar-refractivity contribution >= 4 is 5.91 Å². The van der Waals surface area contributed by atoms with E-state index in [1.54, 1.807) is 0 Å². The SMILES string of the molecule is CC(C)OCC(O)CN1CCC(C(O)C(=O)NC2CC2)CC1. The molecule has 2 atom stereocenters. The molecule has 3 N–H and O–H groups in total. The number of nitrogens with one attached hydrogen (secondary N) is 1. The van der Waals surface area contributed by atoms with Gasteiger partial charge in [0.25, 0.3) is 0 Å². The number of aliphatic hydroxyl groups is 2. The quantitative estimate of drug-likeness (QED) is 0.593. The van der Waals surface area contributed by atoms with Crippen LogP contribution in [0, 0.1) is 5.92 Å². The minimum absolute atomic E-state index is 0.0269. The number of carbonyl (C=O) groups excluding carboxylic acids is 1. The first kappa shape index (κ1) is 17.7. The summed E-state index contributed by atoms with van der Waals surface area (Å²) in [4.78, 5) is 14.0. The molecule has 1 amide bonds. The molecule has 0 bridgehead atoms. The molecule has 0 radical (unpaired) electrons. The average molecular weight is 314 g/mol. The Morgan fingerprint density at radius 3 is 2.41 bits per heavy atom. The summed E-state index contributed by atoms with van der Waals surface area (Å²) in [6.45, 7) is 6.45. The number of likely N-dealkylation sites (tertiary alicyclic amines) is 1. The predicted octanol–water partition coefficient (Wildman–Crippen LogP) is 0.124. The molecule has 2 aliphatic rings. The van der Waals surface area contributed by atoms with Crippen LogP contribution < -0.4 is 5.32 Å². The molecule has 1 heterocycles. The lowest BCUT2D eigenvalue weighted by Crippen LogP contribution is -2.46.